The highest BCUT2D eigenvalue weighted by Gasteiger charge is 2.17. The third kappa shape index (κ3) is 7.08. The van der Waals surface area contributed by atoms with E-state index in [4.69, 9.17) is 0 Å². The van der Waals surface area contributed by atoms with Crippen molar-refractivity contribution in [2.45, 2.75) is 4.90 Å². The van der Waals surface area contributed by atoms with Crippen LogP contribution in [0.4, 0.5) is 0 Å². The van der Waals surface area contributed by atoms with E-state index in [1.54, 1.807) is 26.2 Å². The largest absolute Gasteiger partial charge is 0.345 e. The van der Waals surface area contributed by atoms with Gasteiger partial charge in [0.1, 0.15) is 0 Å². The first-order valence-electron chi connectivity index (χ1n) is 7.64. The van der Waals surface area contributed by atoms with Gasteiger partial charge in [0.05, 0.1) is 4.90 Å². The lowest BCUT2D eigenvalue weighted by molar-refractivity contribution is 0.0827. The van der Waals surface area contributed by atoms with Crippen molar-refractivity contribution >= 4 is 40.7 Å². The van der Waals surface area contributed by atoms with E-state index in [-0.39, 0.29) is 35.6 Å². The summed E-state index contributed by atoms with van der Waals surface area (Å²) < 4.78 is 27.3. The second-order valence-electron chi connectivity index (χ2n) is 5.72. The number of carbonyl (C=O) groups excluding carboxylic acids is 1. The summed E-state index contributed by atoms with van der Waals surface area (Å²) in [7, 11) is -0.338. The maximum Gasteiger partial charge on any atom is 0.253 e. The van der Waals surface area contributed by atoms with E-state index in [0.29, 0.717) is 18.7 Å². The zero-order chi connectivity index (χ0) is 16.9. The van der Waals surface area contributed by atoms with Crippen molar-refractivity contribution in [3.63, 3.8) is 0 Å². The van der Waals surface area contributed by atoms with Crippen LogP contribution in [-0.4, -0.2) is 77.5 Å². The lowest BCUT2D eigenvalue weighted by atomic mass is 10.2. The summed E-state index contributed by atoms with van der Waals surface area (Å²) in [5.74, 6) is -0.220. The summed E-state index contributed by atoms with van der Waals surface area (Å²) in [4.78, 5) is 15.7. The van der Waals surface area contributed by atoms with E-state index in [1.807, 2.05) is 0 Å². The highest BCUT2D eigenvalue weighted by atomic mass is 35.5. The Morgan fingerprint density at radius 1 is 1.24 bits per heavy atom. The monoisotopic (exact) mass is 412 g/mol. The minimum absolute atomic E-state index is 0. The molecule has 0 atom stereocenters. The molecule has 0 aromatic heterocycles. The molecule has 1 aromatic carbocycles. The third-order valence-corrected chi connectivity index (χ3v) is 5.19. The molecule has 10 heteroatoms. The Morgan fingerprint density at radius 2 is 1.88 bits per heavy atom. The smallest absolute Gasteiger partial charge is 0.253 e. The molecule has 1 aromatic rings. The van der Waals surface area contributed by atoms with Crippen LogP contribution < -0.4 is 10.0 Å². The molecule has 1 fully saturated rings. The Bertz CT molecular complexity index is 650. The summed E-state index contributed by atoms with van der Waals surface area (Å²) in [5, 5.41) is 3.26. The summed E-state index contributed by atoms with van der Waals surface area (Å²) in [6.07, 6.45) is 0. The number of hydrogen-bond donors (Lipinski definition) is 2. The maximum atomic E-state index is 12.4. The van der Waals surface area contributed by atoms with Crippen molar-refractivity contribution in [2.75, 3.05) is 53.4 Å². The molecule has 0 aliphatic carbocycles. The summed E-state index contributed by atoms with van der Waals surface area (Å²) in [5.41, 5.74) is 0.361. The predicted octanol–water partition coefficient (Wildman–Crippen LogP) is 0.415. The van der Waals surface area contributed by atoms with Gasteiger partial charge in [-0.3, -0.25) is 9.69 Å². The third-order valence-electron chi connectivity index (χ3n) is 3.73. The van der Waals surface area contributed by atoms with Crippen LogP contribution in [0, 0.1) is 0 Å². The fourth-order valence-electron chi connectivity index (χ4n) is 2.41. The minimum atomic E-state index is -3.61. The number of carbonyl (C=O) groups is 1. The Labute approximate surface area is 162 Å². The van der Waals surface area contributed by atoms with Gasteiger partial charge in [0, 0.05) is 58.9 Å². The highest BCUT2D eigenvalue weighted by Crippen LogP contribution is 2.12. The normalized spacial score (nSPS) is 15.0. The van der Waals surface area contributed by atoms with Crippen LogP contribution in [0.2, 0.25) is 0 Å². The van der Waals surface area contributed by atoms with Gasteiger partial charge in [-0.25, -0.2) is 13.1 Å². The Kier molecular flexibility index (Phi) is 10.6. The van der Waals surface area contributed by atoms with Gasteiger partial charge in [-0.05, 0) is 18.2 Å². The molecule has 144 valence electrons. The summed E-state index contributed by atoms with van der Waals surface area (Å²) in [6, 6.07) is 6.11. The van der Waals surface area contributed by atoms with Crippen molar-refractivity contribution in [2.24, 2.45) is 0 Å². The van der Waals surface area contributed by atoms with E-state index in [0.717, 1.165) is 26.2 Å². The van der Waals surface area contributed by atoms with Crippen molar-refractivity contribution in [3.8, 4) is 0 Å². The Morgan fingerprint density at radius 3 is 2.48 bits per heavy atom. The van der Waals surface area contributed by atoms with Crippen molar-refractivity contribution in [1.82, 2.24) is 19.8 Å². The van der Waals surface area contributed by atoms with Gasteiger partial charge in [0.2, 0.25) is 10.0 Å². The molecule has 1 amide bonds. The average molecular weight is 413 g/mol. The average Bonchev–Trinajstić information content (AvgIpc) is 2.55. The lowest BCUT2D eigenvalue weighted by Crippen LogP contribution is -2.46. The Balaban J connectivity index is 0.00000288. The fraction of sp³-hybridized carbons (Fsp3) is 0.533. The van der Waals surface area contributed by atoms with Gasteiger partial charge in [0.25, 0.3) is 5.91 Å². The molecule has 0 saturated carbocycles. The van der Waals surface area contributed by atoms with E-state index in [2.05, 4.69) is 14.9 Å². The number of nitrogens with zero attached hydrogens (tertiary/aromatic N) is 2. The maximum absolute atomic E-state index is 12.4. The molecule has 0 spiro atoms. The van der Waals surface area contributed by atoms with Crippen LogP contribution >= 0.6 is 24.8 Å². The van der Waals surface area contributed by atoms with Crippen LogP contribution in [0.1, 0.15) is 10.4 Å². The van der Waals surface area contributed by atoms with E-state index in [1.165, 1.54) is 17.0 Å². The van der Waals surface area contributed by atoms with Gasteiger partial charge in [-0.1, -0.05) is 6.07 Å². The molecular weight excluding hydrogens is 387 g/mol. The van der Waals surface area contributed by atoms with Crippen molar-refractivity contribution in [3.05, 3.63) is 29.8 Å². The number of rotatable bonds is 6. The molecule has 7 nitrogen and oxygen atoms in total. The van der Waals surface area contributed by atoms with Crippen molar-refractivity contribution in [1.29, 1.82) is 0 Å². The van der Waals surface area contributed by atoms with Crippen LogP contribution in [0.3, 0.4) is 0 Å². The van der Waals surface area contributed by atoms with Gasteiger partial charge in [0.15, 0.2) is 0 Å². The topological polar surface area (TPSA) is 81.8 Å². The molecule has 25 heavy (non-hydrogen) atoms. The van der Waals surface area contributed by atoms with E-state index >= 15 is 0 Å². The molecule has 1 heterocycles. The van der Waals surface area contributed by atoms with Gasteiger partial charge in [-0.2, -0.15) is 0 Å². The number of amides is 1. The molecule has 0 bridgehead atoms. The molecular formula is C15H26Cl2N4O3S. The first kappa shape index (κ1) is 24.1. The van der Waals surface area contributed by atoms with Crippen LogP contribution in [-0.2, 0) is 10.0 Å². The quantitative estimate of drug-likeness (QED) is 0.707. The van der Waals surface area contributed by atoms with Gasteiger partial charge in [-0.15, -0.1) is 24.8 Å². The molecule has 1 aliphatic rings. The number of nitrogens with one attached hydrogen (secondary N) is 2. The molecule has 2 rings (SSSR count). The number of hydrogen-bond acceptors (Lipinski definition) is 5. The van der Waals surface area contributed by atoms with Crippen molar-refractivity contribution < 1.29 is 13.2 Å². The number of benzene rings is 1. The van der Waals surface area contributed by atoms with E-state index in [9.17, 15) is 13.2 Å². The number of halogens is 2. The zero-order valence-electron chi connectivity index (χ0n) is 14.4. The van der Waals surface area contributed by atoms with Gasteiger partial charge < -0.3 is 10.2 Å². The van der Waals surface area contributed by atoms with Crippen LogP contribution in [0.15, 0.2) is 29.2 Å². The second kappa shape index (κ2) is 10.9. The molecule has 0 radical (unpaired) electrons. The van der Waals surface area contributed by atoms with Crippen LogP contribution in [0.5, 0.6) is 0 Å². The standard InChI is InChI=1S/C15H24N4O3S.2ClH/c1-18(2)15(20)13-4-3-5-14(12-13)23(21,22)17-8-11-19-9-6-16-7-10-19;;/h3-5,12,16-17H,6-11H2,1-2H3;2*1H. The van der Waals surface area contributed by atoms with Gasteiger partial charge >= 0.3 is 0 Å². The number of sulfonamides is 1. The molecule has 1 saturated heterocycles. The second-order valence-corrected chi connectivity index (χ2v) is 7.48. The fourth-order valence-corrected chi connectivity index (χ4v) is 3.48. The molecule has 1 aliphatic heterocycles. The molecule has 0 unspecified atom stereocenters. The number of piperazine rings is 1. The Hall–Kier alpha value is -0.900. The molecule has 2 N–H and O–H groups in total. The first-order chi connectivity index (χ1) is 10.9. The summed E-state index contributed by atoms with van der Waals surface area (Å²) >= 11 is 0. The zero-order valence-corrected chi connectivity index (χ0v) is 16.8. The predicted molar refractivity (Wildman–Crippen MR) is 103 cm³/mol. The van der Waals surface area contributed by atoms with E-state index < -0.39 is 10.0 Å². The van der Waals surface area contributed by atoms with Crippen LogP contribution in [0.25, 0.3) is 0 Å². The summed E-state index contributed by atoms with van der Waals surface area (Å²) in [6.45, 7) is 4.75. The highest BCUT2D eigenvalue weighted by molar-refractivity contribution is 7.89. The SMILES string of the molecule is CN(C)C(=O)c1cccc(S(=O)(=O)NCCN2CCNCC2)c1.Cl.Cl. The minimum Gasteiger partial charge on any atom is -0.345 e. The first-order valence-corrected chi connectivity index (χ1v) is 9.13. The lowest BCUT2D eigenvalue weighted by Gasteiger charge is -2.27.